The molecule has 0 spiro atoms. The highest BCUT2D eigenvalue weighted by Gasteiger charge is 2.28. The van der Waals surface area contributed by atoms with Crippen LogP contribution in [0.25, 0.3) is 10.9 Å². The zero-order valence-corrected chi connectivity index (χ0v) is 11.3. The summed E-state index contributed by atoms with van der Waals surface area (Å²) in [6.07, 6.45) is 3.44. The van der Waals surface area contributed by atoms with Crippen molar-refractivity contribution in [2.24, 2.45) is 0 Å². The summed E-state index contributed by atoms with van der Waals surface area (Å²) in [5, 5.41) is 9.67. The molecule has 0 atom stereocenters. The lowest BCUT2D eigenvalue weighted by molar-refractivity contribution is 0.0695. The van der Waals surface area contributed by atoms with Crippen molar-refractivity contribution in [3.63, 3.8) is 0 Å². The van der Waals surface area contributed by atoms with Crippen LogP contribution in [-0.4, -0.2) is 22.8 Å². The molecule has 0 aliphatic heterocycles. The van der Waals surface area contributed by atoms with Gasteiger partial charge in [-0.1, -0.05) is 6.07 Å². The van der Waals surface area contributed by atoms with E-state index in [2.05, 4.69) is 0 Å². The number of hydrogen-bond acceptors (Lipinski definition) is 3. The summed E-state index contributed by atoms with van der Waals surface area (Å²) in [5.74, 6) is -0.583. The summed E-state index contributed by atoms with van der Waals surface area (Å²) in [4.78, 5) is 23.7. The lowest BCUT2D eigenvalue weighted by Gasteiger charge is -2.15. The Morgan fingerprint density at radius 3 is 2.65 bits per heavy atom. The number of benzene rings is 1. The summed E-state index contributed by atoms with van der Waals surface area (Å²) >= 11 is 0. The number of carbonyl (C=O) groups is 1. The minimum Gasteiger partial charge on any atom is -0.495 e. The fraction of sp³-hybridized carbons (Fsp3) is 0.333. The van der Waals surface area contributed by atoms with Crippen LogP contribution in [0.1, 0.15) is 34.8 Å². The lowest BCUT2D eigenvalue weighted by Crippen LogP contribution is -2.19. The molecule has 20 heavy (non-hydrogen) atoms. The van der Waals surface area contributed by atoms with E-state index in [-0.39, 0.29) is 11.6 Å². The first-order valence-electron chi connectivity index (χ1n) is 6.50. The Balaban J connectivity index is 2.51. The first-order valence-corrected chi connectivity index (χ1v) is 6.50. The van der Waals surface area contributed by atoms with Crippen molar-refractivity contribution in [2.75, 3.05) is 7.11 Å². The Labute approximate surface area is 115 Å². The molecule has 0 bridgehead atoms. The van der Waals surface area contributed by atoms with Crippen molar-refractivity contribution < 1.29 is 14.6 Å². The first kappa shape index (κ1) is 12.7. The normalized spacial score (nSPS) is 14.5. The molecule has 5 nitrogen and oxygen atoms in total. The third kappa shape index (κ3) is 1.78. The minimum absolute atomic E-state index is 0.180. The second-order valence-corrected chi connectivity index (χ2v) is 5.12. The highest BCUT2D eigenvalue weighted by atomic mass is 16.5. The topological polar surface area (TPSA) is 68.5 Å². The van der Waals surface area contributed by atoms with Crippen LogP contribution in [-0.2, 0) is 0 Å². The number of aromatic nitrogens is 1. The van der Waals surface area contributed by atoms with E-state index in [9.17, 15) is 14.7 Å². The maximum Gasteiger partial charge on any atom is 0.341 e. The molecule has 1 fully saturated rings. The van der Waals surface area contributed by atoms with Crippen LogP contribution in [0.15, 0.2) is 23.1 Å². The molecule has 1 N–H and O–H groups in total. The van der Waals surface area contributed by atoms with Gasteiger partial charge in [0, 0.05) is 12.2 Å². The Kier molecular flexibility index (Phi) is 2.78. The van der Waals surface area contributed by atoms with Gasteiger partial charge in [-0.3, -0.25) is 4.79 Å². The molecule has 0 unspecified atom stereocenters. The van der Waals surface area contributed by atoms with E-state index in [1.165, 1.54) is 6.20 Å². The highest BCUT2D eigenvalue weighted by Crippen LogP contribution is 2.39. The average molecular weight is 273 g/mol. The molecule has 1 aliphatic carbocycles. The molecule has 1 aromatic carbocycles. The van der Waals surface area contributed by atoms with E-state index in [1.807, 2.05) is 17.6 Å². The highest BCUT2D eigenvalue weighted by molar-refractivity contribution is 5.95. The summed E-state index contributed by atoms with van der Waals surface area (Å²) in [6, 6.07) is 3.86. The van der Waals surface area contributed by atoms with Crippen LogP contribution >= 0.6 is 0 Å². The van der Waals surface area contributed by atoms with Gasteiger partial charge in [0.15, 0.2) is 0 Å². The van der Waals surface area contributed by atoms with E-state index < -0.39 is 11.4 Å². The molecule has 1 saturated carbocycles. The van der Waals surface area contributed by atoms with Crippen LogP contribution in [0, 0.1) is 6.92 Å². The average Bonchev–Trinajstić information content (AvgIpc) is 3.23. The van der Waals surface area contributed by atoms with Gasteiger partial charge in [-0.25, -0.2) is 4.79 Å². The smallest absolute Gasteiger partial charge is 0.341 e. The van der Waals surface area contributed by atoms with E-state index >= 15 is 0 Å². The number of aromatic carboxylic acids is 1. The number of nitrogens with zero attached hydrogens (tertiary/aromatic N) is 1. The largest absolute Gasteiger partial charge is 0.495 e. The number of ether oxygens (including phenoxy) is 1. The zero-order chi connectivity index (χ0) is 14.4. The van der Waals surface area contributed by atoms with Crippen LogP contribution < -0.4 is 10.2 Å². The van der Waals surface area contributed by atoms with Crippen molar-refractivity contribution >= 4 is 16.9 Å². The Morgan fingerprint density at radius 2 is 2.10 bits per heavy atom. The second kappa shape index (κ2) is 4.37. The number of fused-ring (bicyclic) bond motifs is 1. The molecule has 104 valence electrons. The van der Waals surface area contributed by atoms with Gasteiger partial charge in [0.25, 0.3) is 0 Å². The molecular formula is C15H15NO4. The predicted molar refractivity (Wildman–Crippen MR) is 74.7 cm³/mol. The molecular weight excluding hydrogens is 258 g/mol. The van der Waals surface area contributed by atoms with Gasteiger partial charge in [0.1, 0.15) is 11.3 Å². The minimum atomic E-state index is -1.19. The number of carboxylic acids is 1. The van der Waals surface area contributed by atoms with Crippen molar-refractivity contribution in [3.8, 4) is 5.75 Å². The first-order chi connectivity index (χ1) is 9.54. The molecule has 0 radical (unpaired) electrons. The van der Waals surface area contributed by atoms with Gasteiger partial charge in [-0.05, 0) is 31.4 Å². The van der Waals surface area contributed by atoms with E-state index in [1.54, 1.807) is 13.2 Å². The molecule has 5 heteroatoms. The van der Waals surface area contributed by atoms with Crippen molar-refractivity contribution in [2.45, 2.75) is 25.8 Å². The van der Waals surface area contributed by atoms with Gasteiger partial charge < -0.3 is 14.4 Å². The van der Waals surface area contributed by atoms with Crippen LogP contribution in [0.2, 0.25) is 0 Å². The quantitative estimate of drug-likeness (QED) is 0.932. The van der Waals surface area contributed by atoms with Gasteiger partial charge in [0.05, 0.1) is 18.0 Å². The van der Waals surface area contributed by atoms with Gasteiger partial charge >= 0.3 is 5.97 Å². The number of rotatable bonds is 3. The fourth-order valence-corrected chi connectivity index (χ4v) is 2.57. The molecule has 1 aromatic heterocycles. The van der Waals surface area contributed by atoms with Crippen molar-refractivity contribution in [1.29, 1.82) is 0 Å². The summed E-state index contributed by atoms with van der Waals surface area (Å²) in [7, 11) is 1.55. The Bertz CT molecular complexity index is 772. The second-order valence-electron chi connectivity index (χ2n) is 5.12. The molecule has 1 aliphatic rings. The number of aryl methyl sites for hydroxylation is 1. The zero-order valence-electron chi connectivity index (χ0n) is 11.3. The molecule has 2 aromatic rings. The van der Waals surface area contributed by atoms with Crippen LogP contribution in [0.3, 0.4) is 0 Å². The number of hydrogen-bond donors (Lipinski definition) is 1. The maximum atomic E-state index is 12.4. The van der Waals surface area contributed by atoms with Crippen LogP contribution in [0.4, 0.5) is 0 Å². The van der Waals surface area contributed by atoms with Gasteiger partial charge in [-0.15, -0.1) is 0 Å². The molecule has 0 saturated heterocycles. The van der Waals surface area contributed by atoms with Crippen molar-refractivity contribution in [3.05, 3.63) is 39.7 Å². The predicted octanol–water partition coefficient (Wildman–Crippen LogP) is 2.35. The standard InChI is InChI=1S/C15H15NO4/c1-8-3-6-11(20-2)13-12(8)14(17)10(15(18)19)7-16(13)9-4-5-9/h3,6-7,9H,4-5H2,1-2H3,(H,18,19). The van der Waals surface area contributed by atoms with Crippen molar-refractivity contribution in [1.82, 2.24) is 4.57 Å². The summed E-state index contributed by atoms with van der Waals surface area (Å²) < 4.78 is 7.23. The van der Waals surface area contributed by atoms with E-state index in [0.717, 1.165) is 18.4 Å². The number of methoxy groups -OCH3 is 1. The fourth-order valence-electron chi connectivity index (χ4n) is 2.57. The number of carboxylic acid groups (broad SMARTS) is 1. The Morgan fingerprint density at radius 1 is 1.40 bits per heavy atom. The lowest BCUT2D eigenvalue weighted by atomic mass is 10.1. The van der Waals surface area contributed by atoms with Crippen LogP contribution in [0.5, 0.6) is 5.75 Å². The Hall–Kier alpha value is -2.30. The van der Waals surface area contributed by atoms with Gasteiger partial charge in [-0.2, -0.15) is 0 Å². The van der Waals surface area contributed by atoms with E-state index in [0.29, 0.717) is 16.7 Å². The third-order valence-electron chi connectivity index (χ3n) is 3.74. The van der Waals surface area contributed by atoms with E-state index in [4.69, 9.17) is 4.74 Å². The van der Waals surface area contributed by atoms with Gasteiger partial charge in [0.2, 0.25) is 5.43 Å². The summed E-state index contributed by atoms with van der Waals surface area (Å²) in [5.41, 5.74) is 0.842. The summed E-state index contributed by atoms with van der Waals surface area (Å²) in [6.45, 7) is 1.81. The SMILES string of the molecule is COc1ccc(C)c2c(=O)c(C(=O)O)cn(C3CC3)c12. The molecule has 1 heterocycles. The third-order valence-corrected chi connectivity index (χ3v) is 3.74. The molecule has 3 rings (SSSR count). The monoisotopic (exact) mass is 273 g/mol. The molecule has 0 amide bonds. The number of pyridine rings is 1. The maximum absolute atomic E-state index is 12.4.